The van der Waals surface area contributed by atoms with Gasteiger partial charge < -0.3 is 40.3 Å². The minimum absolute atomic E-state index is 0.0174. The number of halogens is 1. The van der Waals surface area contributed by atoms with Crippen molar-refractivity contribution in [2.45, 2.75) is 103 Å². The van der Waals surface area contributed by atoms with Crippen molar-refractivity contribution in [3.63, 3.8) is 0 Å². The molecule has 0 aromatic heterocycles. The lowest BCUT2D eigenvalue weighted by Crippen LogP contribution is -2.54. The molecule has 4 N–H and O–H groups in total. The number of amides is 3. The molecule has 0 spiro atoms. The molecule has 4 aromatic rings. The van der Waals surface area contributed by atoms with Crippen LogP contribution >= 0.6 is 15.9 Å². The maximum absolute atomic E-state index is 14.3. The van der Waals surface area contributed by atoms with Gasteiger partial charge in [0.2, 0.25) is 11.8 Å². The Morgan fingerprint density at radius 2 is 1.47 bits per heavy atom. The Kier molecular flexibility index (Phi) is 13.9. The number of carbonyl (C=O) groups is 3. The lowest BCUT2D eigenvalue weighted by atomic mass is 9.87. The average Bonchev–Trinajstić information content (AvgIpc) is 3.89. The highest BCUT2D eigenvalue weighted by atomic mass is 79.9. The second kappa shape index (κ2) is 18.9. The van der Waals surface area contributed by atoms with Crippen molar-refractivity contribution in [1.29, 1.82) is 0 Å². The number of methoxy groups -OCH3 is 2. The molecule has 59 heavy (non-hydrogen) atoms. The van der Waals surface area contributed by atoms with Crippen LogP contribution in [0, 0.1) is 5.92 Å². The third kappa shape index (κ3) is 10.2. The third-order valence-electron chi connectivity index (χ3n) is 11.6. The van der Waals surface area contributed by atoms with E-state index in [2.05, 4.69) is 124 Å². The fourth-order valence-electron chi connectivity index (χ4n) is 8.39. The molecule has 2 saturated heterocycles. The molecule has 2 aliphatic heterocycles. The van der Waals surface area contributed by atoms with Gasteiger partial charge in [-0.2, -0.15) is 0 Å². The second-order valence-corrected chi connectivity index (χ2v) is 17.8. The Bertz CT molecular complexity index is 2100. The van der Waals surface area contributed by atoms with Crippen LogP contribution in [0.5, 0.6) is 11.5 Å². The Hall–Kier alpha value is -5.07. The smallest absolute Gasteiger partial charge is 0.405 e. The maximum atomic E-state index is 14.3. The summed E-state index contributed by atoms with van der Waals surface area (Å²) in [5.41, 5.74) is 7.25. The number of anilines is 2. The average molecular weight is 869 g/mol. The Morgan fingerprint density at radius 3 is 2.10 bits per heavy atom. The van der Waals surface area contributed by atoms with Crippen LogP contribution in [-0.4, -0.2) is 60.8 Å². The summed E-state index contributed by atoms with van der Waals surface area (Å²) in [4.78, 5) is 43.7. The summed E-state index contributed by atoms with van der Waals surface area (Å²) >= 11 is 3.61. The van der Waals surface area contributed by atoms with Gasteiger partial charge in [0.05, 0.1) is 26.3 Å². The molecule has 4 aromatic carbocycles. The number of hydrogen-bond acceptors (Lipinski definition) is 7. The van der Waals surface area contributed by atoms with Gasteiger partial charge in [-0.05, 0) is 95.7 Å². The number of nitrogens with zero attached hydrogens (tertiary/aromatic N) is 2. The fourth-order valence-corrected chi connectivity index (χ4v) is 8.65. The largest absolute Gasteiger partial charge is 0.497 e. The van der Waals surface area contributed by atoms with Crippen LogP contribution in [-0.2, 0) is 28.1 Å². The van der Waals surface area contributed by atoms with E-state index in [9.17, 15) is 19.5 Å². The van der Waals surface area contributed by atoms with Gasteiger partial charge in [0.1, 0.15) is 23.6 Å². The van der Waals surface area contributed by atoms with E-state index in [1.807, 2.05) is 18.2 Å². The quantitative estimate of drug-likeness (QED) is 0.0987. The lowest BCUT2D eigenvalue weighted by Gasteiger charge is -2.34. The minimum Gasteiger partial charge on any atom is -0.497 e. The first-order valence-corrected chi connectivity index (χ1v) is 21.3. The molecule has 3 amide bonds. The van der Waals surface area contributed by atoms with Gasteiger partial charge in [-0.15, -0.1) is 0 Å². The van der Waals surface area contributed by atoms with Crippen LogP contribution in [0.15, 0.2) is 89.4 Å². The highest BCUT2D eigenvalue weighted by Crippen LogP contribution is 2.48. The van der Waals surface area contributed by atoms with E-state index in [0.29, 0.717) is 49.7 Å². The zero-order valence-electron chi connectivity index (χ0n) is 35.2. The van der Waals surface area contributed by atoms with Crippen molar-refractivity contribution in [3.8, 4) is 11.5 Å². The highest BCUT2D eigenvalue weighted by Gasteiger charge is 2.40. The normalized spacial score (nSPS) is 18.5. The van der Waals surface area contributed by atoms with Gasteiger partial charge >= 0.3 is 6.09 Å². The predicted molar refractivity (Wildman–Crippen MR) is 236 cm³/mol. The number of nitrogens with one attached hydrogen (secondary N) is 3. The summed E-state index contributed by atoms with van der Waals surface area (Å²) in [6.07, 6.45) is 1.70. The molecule has 0 radical (unpaired) electrons. The van der Waals surface area contributed by atoms with E-state index >= 15 is 0 Å². The number of ether oxygens (including phenoxy) is 2. The van der Waals surface area contributed by atoms with E-state index < -0.39 is 18.2 Å². The molecular formula is C47H58BrN5O6. The topological polar surface area (TPSA) is 132 Å². The molecule has 2 fully saturated rings. The first-order valence-electron chi connectivity index (χ1n) is 20.5. The van der Waals surface area contributed by atoms with Crippen molar-refractivity contribution in [3.05, 3.63) is 117 Å². The molecule has 6 rings (SSSR count). The monoisotopic (exact) mass is 867 g/mol. The second-order valence-electron chi connectivity index (χ2n) is 16.9. The fraction of sp³-hybridized carbons (Fsp3) is 0.426. The summed E-state index contributed by atoms with van der Waals surface area (Å²) in [5, 5.41) is 18.6. The van der Waals surface area contributed by atoms with E-state index in [1.165, 1.54) is 16.0 Å². The molecule has 11 nitrogen and oxygen atoms in total. The zero-order valence-corrected chi connectivity index (χ0v) is 36.8. The number of likely N-dealkylation sites (tertiary alicyclic amines) is 1. The van der Waals surface area contributed by atoms with Crippen LogP contribution in [0.25, 0.3) is 0 Å². The zero-order chi connectivity index (χ0) is 42.4. The van der Waals surface area contributed by atoms with Gasteiger partial charge in [0.25, 0.3) is 0 Å². The van der Waals surface area contributed by atoms with E-state index in [4.69, 9.17) is 9.47 Å². The van der Waals surface area contributed by atoms with Crippen molar-refractivity contribution >= 4 is 45.2 Å². The number of carboxylic acid groups (broad SMARTS) is 1. The molecule has 4 atom stereocenters. The van der Waals surface area contributed by atoms with Gasteiger partial charge in [0, 0.05) is 47.1 Å². The van der Waals surface area contributed by atoms with Crippen LogP contribution in [0.4, 0.5) is 16.2 Å². The molecule has 12 heteroatoms. The van der Waals surface area contributed by atoms with Crippen LogP contribution in [0.2, 0.25) is 0 Å². The van der Waals surface area contributed by atoms with Gasteiger partial charge in [-0.1, -0.05) is 93.0 Å². The summed E-state index contributed by atoms with van der Waals surface area (Å²) in [6.45, 7) is 11.6. The Morgan fingerprint density at radius 1 is 0.831 bits per heavy atom. The molecule has 2 unspecified atom stereocenters. The molecule has 2 aliphatic rings. The summed E-state index contributed by atoms with van der Waals surface area (Å²) in [5.74, 6) is 0.445. The van der Waals surface area contributed by atoms with E-state index in [0.717, 1.165) is 39.7 Å². The van der Waals surface area contributed by atoms with E-state index in [-0.39, 0.29) is 35.2 Å². The van der Waals surface area contributed by atoms with Crippen LogP contribution in [0.3, 0.4) is 0 Å². The number of carbonyl (C=O) groups excluding carboxylic acids is 2. The molecule has 0 saturated carbocycles. The third-order valence-corrected chi connectivity index (χ3v) is 12.2. The lowest BCUT2D eigenvalue weighted by molar-refractivity contribution is -0.139. The number of benzene rings is 4. The summed E-state index contributed by atoms with van der Waals surface area (Å²) < 4.78 is 12.1. The highest BCUT2D eigenvalue weighted by molar-refractivity contribution is 9.10. The van der Waals surface area contributed by atoms with Gasteiger partial charge in [0.15, 0.2) is 0 Å². The summed E-state index contributed by atoms with van der Waals surface area (Å²) in [7, 11) is 3.26. The van der Waals surface area contributed by atoms with Crippen molar-refractivity contribution < 1.29 is 29.0 Å². The molecular weight excluding hydrogens is 810 g/mol. The minimum atomic E-state index is -1.27. The molecule has 0 aliphatic carbocycles. The SMILES string of the molecule is COc1ccc(CNCc2ccc(C3CCC(c4ccc(Br)cc4)N3c3ccc(C(C)(C)C)cc3)cc2NC(=O)[C@@H]2CCCN2C(=O)[C@@H](NC(=O)O)C(C)C)c(OC)c1. The van der Waals surface area contributed by atoms with Gasteiger partial charge in [-0.3, -0.25) is 9.59 Å². The predicted octanol–water partition coefficient (Wildman–Crippen LogP) is 9.36. The van der Waals surface area contributed by atoms with E-state index in [1.54, 1.807) is 28.1 Å². The van der Waals surface area contributed by atoms with Crippen molar-refractivity contribution in [1.82, 2.24) is 15.5 Å². The standard InChI is InChI=1S/C47H58BrN5O6/c1-29(2)43(51-46(56)57)45(55)52-24-8-9-41(52)44(54)50-38-25-31(10-11-32(38)27-49-28-33-14-21-37(58-6)26-42(33)59-7)40-23-22-39(30-12-17-35(48)18-13-30)53(40)36-19-15-34(16-20-36)47(3,4)5/h10-21,25-26,29,39-41,43,49,51H,8-9,22-24,27-28H2,1-7H3,(H,50,54)(H,56,57)/t39?,40?,41-,43-/m0/s1. The first-order chi connectivity index (χ1) is 28.2. The van der Waals surface area contributed by atoms with Crippen LogP contribution < -0.4 is 30.3 Å². The maximum Gasteiger partial charge on any atom is 0.405 e. The molecule has 2 heterocycles. The van der Waals surface area contributed by atoms with Crippen molar-refractivity contribution in [2.24, 2.45) is 5.92 Å². The summed E-state index contributed by atoms with van der Waals surface area (Å²) in [6, 6.07) is 28.0. The van der Waals surface area contributed by atoms with Crippen LogP contribution in [0.1, 0.15) is 100 Å². The van der Waals surface area contributed by atoms with Gasteiger partial charge in [-0.25, -0.2) is 4.79 Å². The van der Waals surface area contributed by atoms with Crippen molar-refractivity contribution in [2.75, 3.05) is 31.0 Å². The molecule has 0 bridgehead atoms. The first kappa shape index (κ1) is 43.5. The Balaban J connectivity index is 1.34. The molecule has 314 valence electrons. The Labute approximate surface area is 357 Å². The number of hydrogen-bond donors (Lipinski definition) is 4. The number of rotatable bonds is 14.